The molecule has 3 heterocycles. The maximum atomic E-state index is 13.4. The van der Waals surface area contributed by atoms with E-state index in [-0.39, 0.29) is 11.9 Å². The number of pyridine rings is 1. The molecule has 1 aliphatic heterocycles. The SMILES string of the molecule is CC(C(=O)N(Cc1ccco1)c1ccccn1)N1CCc2ccccc21. The molecule has 1 aromatic carbocycles. The Morgan fingerprint density at radius 1 is 1.19 bits per heavy atom. The fourth-order valence-electron chi connectivity index (χ4n) is 3.47. The monoisotopic (exact) mass is 347 g/mol. The first kappa shape index (κ1) is 16.4. The Balaban J connectivity index is 1.62. The van der Waals surface area contributed by atoms with Gasteiger partial charge in [-0.15, -0.1) is 0 Å². The molecule has 0 saturated heterocycles. The average Bonchev–Trinajstić information content (AvgIpc) is 3.35. The number of anilines is 2. The van der Waals surface area contributed by atoms with Crippen molar-refractivity contribution in [3.63, 3.8) is 0 Å². The van der Waals surface area contributed by atoms with Crippen molar-refractivity contribution in [2.45, 2.75) is 25.9 Å². The van der Waals surface area contributed by atoms with Crippen molar-refractivity contribution in [2.75, 3.05) is 16.3 Å². The Hall–Kier alpha value is -3.08. The molecule has 0 bridgehead atoms. The standard InChI is InChI=1S/C21H21N3O2/c1-16(23-13-11-17-7-2-3-9-19(17)23)21(25)24(15-18-8-6-14-26-18)20-10-4-5-12-22-20/h2-10,12,14,16H,11,13,15H2,1H3. The van der Waals surface area contributed by atoms with E-state index in [0.29, 0.717) is 12.4 Å². The van der Waals surface area contributed by atoms with Gasteiger partial charge < -0.3 is 9.32 Å². The van der Waals surface area contributed by atoms with Gasteiger partial charge in [0.25, 0.3) is 5.91 Å². The molecule has 132 valence electrons. The second-order valence-corrected chi connectivity index (χ2v) is 6.44. The fourth-order valence-corrected chi connectivity index (χ4v) is 3.47. The molecule has 1 amide bonds. The summed E-state index contributed by atoms with van der Waals surface area (Å²) in [5.41, 5.74) is 2.44. The number of hydrogen-bond acceptors (Lipinski definition) is 4. The van der Waals surface area contributed by atoms with Crippen LogP contribution >= 0.6 is 0 Å². The molecule has 2 aromatic heterocycles. The van der Waals surface area contributed by atoms with Crippen molar-refractivity contribution in [3.8, 4) is 0 Å². The summed E-state index contributed by atoms with van der Waals surface area (Å²) in [6.45, 7) is 3.17. The summed E-state index contributed by atoms with van der Waals surface area (Å²) >= 11 is 0. The van der Waals surface area contributed by atoms with Crippen LogP contribution in [0.1, 0.15) is 18.2 Å². The summed E-state index contributed by atoms with van der Waals surface area (Å²) in [5.74, 6) is 1.38. The van der Waals surface area contributed by atoms with Gasteiger partial charge in [-0.3, -0.25) is 9.69 Å². The Bertz CT molecular complexity index is 877. The predicted molar refractivity (Wildman–Crippen MR) is 101 cm³/mol. The largest absolute Gasteiger partial charge is 0.467 e. The molecule has 0 N–H and O–H groups in total. The van der Waals surface area contributed by atoms with Crippen molar-refractivity contribution < 1.29 is 9.21 Å². The van der Waals surface area contributed by atoms with Crippen molar-refractivity contribution in [1.82, 2.24) is 4.98 Å². The van der Waals surface area contributed by atoms with Crippen LogP contribution in [0.4, 0.5) is 11.5 Å². The second kappa shape index (κ2) is 7.04. The predicted octanol–water partition coefficient (Wildman–Crippen LogP) is 3.66. The molecule has 4 rings (SSSR count). The Morgan fingerprint density at radius 3 is 2.81 bits per heavy atom. The molecule has 5 nitrogen and oxygen atoms in total. The van der Waals surface area contributed by atoms with Crippen LogP contribution in [0.15, 0.2) is 71.5 Å². The van der Waals surface area contributed by atoms with Gasteiger partial charge in [-0.2, -0.15) is 0 Å². The zero-order valence-electron chi connectivity index (χ0n) is 14.7. The molecule has 1 unspecified atom stereocenters. The molecule has 0 saturated carbocycles. The highest BCUT2D eigenvalue weighted by Crippen LogP contribution is 2.30. The molecule has 0 spiro atoms. The van der Waals surface area contributed by atoms with Gasteiger partial charge in [-0.05, 0) is 49.2 Å². The molecule has 0 fully saturated rings. The highest BCUT2D eigenvalue weighted by atomic mass is 16.3. The van der Waals surface area contributed by atoms with Crippen molar-refractivity contribution in [2.24, 2.45) is 0 Å². The highest BCUT2D eigenvalue weighted by Gasteiger charge is 2.31. The lowest BCUT2D eigenvalue weighted by Gasteiger charge is -2.31. The number of carbonyl (C=O) groups excluding carboxylic acids is 1. The lowest BCUT2D eigenvalue weighted by Crippen LogP contribution is -2.47. The van der Waals surface area contributed by atoms with E-state index in [9.17, 15) is 4.79 Å². The van der Waals surface area contributed by atoms with Gasteiger partial charge in [0.05, 0.1) is 12.8 Å². The van der Waals surface area contributed by atoms with E-state index in [1.165, 1.54) is 5.56 Å². The lowest BCUT2D eigenvalue weighted by atomic mass is 10.1. The number of aromatic nitrogens is 1. The Labute approximate surface area is 152 Å². The normalized spacial score (nSPS) is 14.1. The van der Waals surface area contributed by atoms with Crippen LogP contribution < -0.4 is 9.80 Å². The fraction of sp³-hybridized carbons (Fsp3) is 0.238. The van der Waals surface area contributed by atoms with E-state index in [2.05, 4.69) is 22.0 Å². The van der Waals surface area contributed by atoms with Gasteiger partial charge in [-0.25, -0.2) is 4.98 Å². The minimum absolute atomic E-state index is 0.0109. The third kappa shape index (κ3) is 3.08. The quantitative estimate of drug-likeness (QED) is 0.707. The first-order chi connectivity index (χ1) is 12.7. The van der Waals surface area contributed by atoms with Gasteiger partial charge in [-0.1, -0.05) is 24.3 Å². The first-order valence-electron chi connectivity index (χ1n) is 8.83. The van der Waals surface area contributed by atoms with Crippen LogP contribution in [0, 0.1) is 0 Å². The van der Waals surface area contributed by atoms with Crippen LogP contribution in [0.25, 0.3) is 0 Å². The maximum Gasteiger partial charge on any atom is 0.250 e. The van der Waals surface area contributed by atoms with E-state index >= 15 is 0 Å². The number of benzene rings is 1. The van der Waals surface area contributed by atoms with E-state index < -0.39 is 0 Å². The molecule has 0 aliphatic carbocycles. The number of para-hydroxylation sites is 1. The molecule has 1 atom stereocenters. The van der Waals surface area contributed by atoms with E-state index in [1.54, 1.807) is 17.4 Å². The minimum Gasteiger partial charge on any atom is -0.467 e. The number of nitrogens with zero attached hydrogens (tertiary/aromatic N) is 3. The zero-order valence-corrected chi connectivity index (χ0v) is 14.7. The lowest BCUT2D eigenvalue weighted by molar-refractivity contribution is -0.119. The summed E-state index contributed by atoms with van der Waals surface area (Å²) < 4.78 is 5.46. The van der Waals surface area contributed by atoms with Crippen molar-refractivity contribution in [3.05, 3.63) is 78.4 Å². The van der Waals surface area contributed by atoms with E-state index in [1.807, 2.05) is 49.4 Å². The number of furan rings is 1. The van der Waals surface area contributed by atoms with Crippen LogP contribution in [0.5, 0.6) is 0 Å². The van der Waals surface area contributed by atoms with Gasteiger partial charge in [0.1, 0.15) is 17.6 Å². The van der Waals surface area contributed by atoms with Crippen molar-refractivity contribution >= 4 is 17.4 Å². The first-order valence-corrected chi connectivity index (χ1v) is 8.83. The molecule has 26 heavy (non-hydrogen) atoms. The third-order valence-electron chi connectivity index (χ3n) is 4.83. The van der Waals surface area contributed by atoms with Crippen molar-refractivity contribution in [1.29, 1.82) is 0 Å². The molecular formula is C21H21N3O2. The summed E-state index contributed by atoms with van der Waals surface area (Å²) in [5, 5.41) is 0. The number of fused-ring (bicyclic) bond motifs is 1. The van der Waals surface area contributed by atoms with Crippen LogP contribution in [-0.2, 0) is 17.8 Å². The number of hydrogen-bond donors (Lipinski definition) is 0. The van der Waals surface area contributed by atoms with E-state index in [4.69, 9.17) is 4.42 Å². The molecular weight excluding hydrogens is 326 g/mol. The number of amides is 1. The smallest absolute Gasteiger partial charge is 0.250 e. The van der Waals surface area contributed by atoms with Crippen LogP contribution in [0.3, 0.4) is 0 Å². The average molecular weight is 347 g/mol. The topological polar surface area (TPSA) is 49.6 Å². The second-order valence-electron chi connectivity index (χ2n) is 6.44. The molecule has 1 aliphatic rings. The summed E-state index contributed by atoms with van der Waals surface area (Å²) in [6.07, 6.45) is 4.29. The molecule has 3 aromatic rings. The molecule has 5 heteroatoms. The zero-order chi connectivity index (χ0) is 17.9. The number of carbonyl (C=O) groups is 1. The Morgan fingerprint density at radius 2 is 2.04 bits per heavy atom. The van der Waals surface area contributed by atoms with E-state index in [0.717, 1.165) is 24.4 Å². The number of rotatable bonds is 5. The summed E-state index contributed by atoms with van der Waals surface area (Å²) in [6, 6.07) is 17.3. The van der Waals surface area contributed by atoms with Crippen LogP contribution in [-0.4, -0.2) is 23.5 Å². The maximum absolute atomic E-state index is 13.4. The summed E-state index contributed by atoms with van der Waals surface area (Å²) in [4.78, 5) is 21.6. The van der Waals surface area contributed by atoms with Gasteiger partial charge in [0, 0.05) is 18.4 Å². The third-order valence-corrected chi connectivity index (χ3v) is 4.83. The molecule has 0 radical (unpaired) electrons. The van der Waals surface area contributed by atoms with Gasteiger partial charge >= 0.3 is 0 Å². The van der Waals surface area contributed by atoms with Gasteiger partial charge in [0.15, 0.2) is 0 Å². The summed E-state index contributed by atoms with van der Waals surface area (Å²) in [7, 11) is 0. The minimum atomic E-state index is -0.282. The van der Waals surface area contributed by atoms with Crippen LogP contribution in [0.2, 0.25) is 0 Å². The van der Waals surface area contributed by atoms with Gasteiger partial charge in [0.2, 0.25) is 0 Å². The highest BCUT2D eigenvalue weighted by molar-refractivity contribution is 5.98. The Kier molecular flexibility index (Phi) is 4.44.